The van der Waals surface area contributed by atoms with Gasteiger partial charge in [-0.2, -0.15) is 5.10 Å². The summed E-state index contributed by atoms with van der Waals surface area (Å²) in [5.41, 5.74) is 0.137. The zero-order valence-electron chi connectivity index (χ0n) is 13.0. The first-order valence-corrected chi connectivity index (χ1v) is 6.80. The lowest BCUT2D eigenvalue weighted by atomic mass is 9.96. The highest BCUT2D eigenvalue weighted by molar-refractivity contribution is 5.94. The minimum absolute atomic E-state index is 0.0852. The van der Waals surface area contributed by atoms with Crippen molar-refractivity contribution < 1.29 is 18.7 Å². The number of methoxy groups -OCH3 is 1. The molecule has 7 nitrogen and oxygen atoms in total. The Morgan fingerprint density at radius 3 is 2.73 bits per heavy atom. The summed E-state index contributed by atoms with van der Waals surface area (Å²) in [5.74, 6) is 0.103. The smallest absolute Gasteiger partial charge is 0.373 e. The van der Waals surface area contributed by atoms with E-state index in [1.54, 1.807) is 29.2 Å². The standard InChI is InChI=1S/C15H19N3O4/c1-15(2,3)14(20)17-10-7-16-18(8-10)9-11-5-6-12(22-11)13(19)21-4/h5-8H,9H2,1-4H3,(H,17,20). The van der Waals surface area contributed by atoms with Crippen LogP contribution in [-0.2, 0) is 16.1 Å². The van der Waals surface area contributed by atoms with Crippen molar-refractivity contribution in [3.63, 3.8) is 0 Å². The van der Waals surface area contributed by atoms with Crippen LogP contribution in [0.15, 0.2) is 28.9 Å². The third-order valence-electron chi connectivity index (χ3n) is 2.94. The highest BCUT2D eigenvalue weighted by Crippen LogP contribution is 2.17. The van der Waals surface area contributed by atoms with Gasteiger partial charge in [-0.25, -0.2) is 4.79 Å². The van der Waals surface area contributed by atoms with E-state index in [0.717, 1.165) is 0 Å². The Kier molecular flexibility index (Phi) is 4.35. The maximum Gasteiger partial charge on any atom is 0.373 e. The van der Waals surface area contributed by atoms with Crippen LogP contribution in [-0.4, -0.2) is 28.8 Å². The second-order valence-corrected chi connectivity index (χ2v) is 5.89. The summed E-state index contributed by atoms with van der Waals surface area (Å²) in [7, 11) is 1.29. The van der Waals surface area contributed by atoms with Gasteiger partial charge in [0.25, 0.3) is 0 Å². The van der Waals surface area contributed by atoms with E-state index in [1.807, 2.05) is 20.8 Å². The predicted octanol–water partition coefficient (Wildman–Crippen LogP) is 2.30. The van der Waals surface area contributed by atoms with Crippen molar-refractivity contribution in [2.75, 3.05) is 12.4 Å². The van der Waals surface area contributed by atoms with E-state index < -0.39 is 11.4 Å². The molecular weight excluding hydrogens is 286 g/mol. The van der Waals surface area contributed by atoms with Gasteiger partial charge in [0.15, 0.2) is 0 Å². The third-order valence-corrected chi connectivity index (χ3v) is 2.94. The van der Waals surface area contributed by atoms with Crippen LogP contribution < -0.4 is 5.32 Å². The van der Waals surface area contributed by atoms with Gasteiger partial charge in [-0.1, -0.05) is 20.8 Å². The van der Waals surface area contributed by atoms with E-state index in [2.05, 4.69) is 15.2 Å². The maximum atomic E-state index is 11.9. The number of hydrogen-bond donors (Lipinski definition) is 1. The van der Waals surface area contributed by atoms with Crippen molar-refractivity contribution in [3.05, 3.63) is 36.0 Å². The molecule has 0 saturated carbocycles. The molecule has 0 aliphatic rings. The summed E-state index contributed by atoms with van der Waals surface area (Å²) in [6, 6.07) is 3.23. The van der Waals surface area contributed by atoms with Crippen LogP contribution in [0.5, 0.6) is 0 Å². The molecule has 2 aromatic heterocycles. The highest BCUT2D eigenvalue weighted by Gasteiger charge is 2.21. The molecule has 2 rings (SSSR count). The molecular formula is C15H19N3O4. The summed E-state index contributed by atoms with van der Waals surface area (Å²) in [4.78, 5) is 23.2. The number of aromatic nitrogens is 2. The summed E-state index contributed by atoms with van der Waals surface area (Å²) in [5, 5.41) is 6.94. The van der Waals surface area contributed by atoms with Crippen molar-refractivity contribution in [2.45, 2.75) is 27.3 Å². The SMILES string of the molecule is COC(=O)c1ccc(Cn2cc(NC(=O)C(C)(C)C)cn2)o1. The zero-order valence-corrected chi connectivity index (χ0v) is 13.0. The number of anilines is 1. The van der Waals surface area contributed by atoms with Crippen LogP contribution in [0.25, 0.3) is 0 Å². The van der Waals surface area contributed by atoms with Gasteiger partial charge in [0.05, 0.1) is 25.5 Å². The molecule has 0 aliphatic heterocycles. The van der Waals surface area contributed by atoms with Gasteiger partial charge < -0.3 is 14.5 Å². The van der Waals surface area contributed by atoms with Crippen LogP contribution in [0.4, 0.5) is 5.69 Å². The Labute approximate surface area is 128 Å². The van der Waals surface area contributed by atoms with Gasteiger partial charge in [-0.05, 0) is 12.1 Å². The van der Waals surface area contributed by atoms with Crippen LogP contribution >= 0.6 is 0 Å². The van der Waals surface area contributed by atoms with Gasteiger partial charge in [-0.15, -0.1) is 0 Å². The van der Waals surface area contributed by atoms with Gasteiger partial charge >= 0.3 is 5.97 Å². The zero-order chi connectivity index (χ0) is 16.3. The second-order valence-electron chi connectivity index (χ2n) is 5.89. The fraction of sp³-hybridized carbons (Fsp3) is 0.400. The van der Waals surface area contributed by atoms with Crippen LogP contribution in [0.3, 0.4) is 0 Å². The molecule has 0 aromatic carbocycles. The molecule has 0 unspecified atom stereocenters. The Hall–Kier alpha value is -2.57. The van der Waals surface area contributed by atoms with Gasteiger partial charge in [0, 0.05) is 11.6 Å². The normalized spacial score (nSPS) is 11.3. The molecule has 118 valence electrons. The molecule has 2 aromatic rings. The number of esters is 1. The molecule has 0 radical (unpaired) electrons. The van der Waals surface area contributed by atoms with E-state index in [4.69, 9.17) is 4.42 Å². The summed E-state index contributed by atoms with van der Waals surface area (Å²) < 4.78 is 11.5. The summed E-state index contributed by atoms with van der Waals surface area (Å²) >= 11 is 0. The first-order valence-electron chi connectivity index (χ1n) is 6.80. The van der Waals surface area contributed by atoms with E-state index in [0.29, 0.717) is 18.0 Å². The lowest BCUT2D eigenvalue weighted by Gasteiger charge is -2.16. The minimum Gasteiger partial charge on any atom is -0.463 e. The molecule has 2 heterocycles. The van der Waals surface area contributed by atoms with Crippen molar-refractivity contribution in [1.82, 2.24) is 9.78 Å². The summed E-state index contributed by atoms with van der Waals surface area (Å²) in [6.45, 7) is 5.86. The quantitative estimate of drug-likeness (QED) is 0.876. The minimum atomic E-state index is -0.523. The van der Waals surface area contributed by atoms with Crippen LogP contribution in [0, 0.1) is 5.41 Å². The number of hydrogen-bond acceptors (Lipinski definition) is 5. The Morgan fingerprint density at radius 2 is 2.09 bits per heavy atom. The van der Waals surface area contributed by atoms with Crippen molar-refractivity contribution in [1.29, 1.82) is 0 Å². The topological polar surface area (TPSA) is 86.4 Å². The van der Waals surface area contributed by atoms with E-state index >= 15 is 0 Å². The fourth-order valence-corrected chi connectivity index (χ4v) is 1.67. The Bertz CT molecular complexity index is 679. The number of ether oxygens (including phenoxy) is 1. The highest BCUT2D eigenvalue weighted by atomic mass is 16.5. The number of furan rings is 1. The number of amides is 1. The van der Waals surface area contributed by atoms with Gasteiger partial charge in [-0.3, -0.25) is 9.48 Å². The molecule has 0 fully saturated rings. The molecule has 1 amide bonds. The lowest BCUT2D eigenvalue weighted by molar-refractivity contribution is -0.123. The van der Waals surface area contributed by atoms with Crippen molar-refractivity contribution >= 4 is 17.6 Å². The fourth-order valence-electron chi connectivity index (χ4n) is 1.67. The van der Waals surface area contributed by atoms with Crippen LogP contribution in [0.1, 0.15) is 37.1 Å². The predicted molar refractivity (Wildman–Crippen MR) is 79.5 cm³/mol. The first kappa shape index (κ1) is 15.8. The van der Waals surface area contributed by atoms with Gasteiger partial charge in [0.2, 0.25) is 11.7 Å². The number of nitrogens with one attached hydrogen (secondary N) is 1. The molecule has 0 saturated heterocycles. The molecule has 1 N–H and O–H groups in total. The Balaban J connectivity index is 2.02. The third kappa shape index (κ3) is 3.75. The van der Waals surface area contributed by atoms with Gasteiger partial charge in [0.1, 0.15) is 5.76 Å². The monoisotopic (exact) mass is 305 g/mol. The van der Waals surface area contributed by atoms with Crippen molar-refractivity contribution in [2.24, 2.45) is 5.41 Å². The first-order chi connectivity index (χ1) is 10.3. The molecule has 0 atom stereocenters. The van der Waals surface area contributed by atoms with Crippen molar-refractivity contribution in [3.8, 4) is 0 Å². The molecule has 0 aliphatic carbocycles. The lowest BCUT2D eigenvalue weighted by Crippen LogP contribution is -2.27. The van der Waals surface area contributed by atoms with E-state index in [1.165, 1.54) is 7.11 Å². The molecule has 22 heavy (non-hydrogen) atoms. The molecule has 7 heteroatoms. The van der Waals surface area contributed by atoms with E-state index in [9.17, 15) is 9.59 Å². The molecule has 0 bridgehead atoms. The second kappa shape index (κ2) is 6.05. The number of carbonyl (C=O) groups is 2. The van der Waals surface area contributed by atoms with Crippen LogP contribution in [0.2, 0.25) is 0 Å². The average Bonchev–Trinajstić information content (AvgIpc) is 3.07. The largest absolute Gasteiger partial charge is 0.463 e. The maximum absolute atomic E-state index is 11.9. The molecule has 0 spiro atoms. The number of rotatable bonds is 4. The average molecular weight is 305 g/mol. The number of carbonyl (C=O) groups excluding carboxylic acids is 2. The van der Waals surface area contributed by atoms with E-state index in [-0.39, 0.29) is 11.7 Å². The Morgan fingerprint density at radius 1 is 1.36 bits per heavy atom. The number of nitrogens with zero attached hydrogens (tertiary/aromatic N) is 2. The summed E-state index contributed by atoms with van der Waals surface area (Å²) in [6.07, 6.45) is 3.26.